The number of likely N-dealkylation sites (N-methyl/N-ethyl adjacent to an activating group) is 2. The second kappa shape index (κ2) is 33.1. The van der Waals surface area contributed by atoms with E-state index in [1.807, 2.05) is 36.4 Å². The maximum Gasteiger partial charge on any atom is 0.221 e. The normalized spacial score (nSPS) is 12.8. The fourth-order valence-electron chi connectivity index (χ4n) is 11.3. The van der Waals surface area contributed by atoms with Crippen LogP contribution in [0.3, 0.4) is 0 Å². The molecule has 0 spiro atoms. The Morgan fingerprint density at radius 3 is 1.19 bits per heavy atom. The molecule has 0 fully saturated rings. The number of allylic oxidation sites excluding steroid dienone is 2. The molecular weight excluding hydrogens is 1400 g/mol. The van der Waals surface area contributed by atoms with Crippen molar-refractivity contribution in [3.05, 3.63) is 290 Å². The number of methoxy groups -OCH3 is 3. The number of rotatable bonds is 21. The number of aromatic nitrogens is 3. The summed E-state index contributed by atoms with van der Waals surface area (Å²) in [5.74, 6) is 1.97. The van der Waals surface area contributed by atoms with Crippen molar-refractivity contribution in [2.45, 2.75) is 18.3 Å². The smallest absolute Gasteiger partial charge is 0.221 e. The Bertz CT molecular complexity index is 4300. The number of ether oxygens (including phenoxy) is 3. The number of nitrogens with zero attached hydrogens (tertiary/aromatic N) is 6. The van der Waals surface area contributed by atoms with Gasteiger partial charge in [-0.2, -0.15) is 34.0 Å². The van der Waals surface area contributed by atoms with Gasteiger partial charge in [-0.05, 0) is 228 Å². The maximum absolute atomic E-state index is 5.82. The number of hydrogen-bond donors (Lipinski definition) is 0. The van der Waals surface area contributed by atoms with E-state index in [9.17, 15) is 0 Å². The Labute approximate surface area is 584 Å². The van der Waals surface area contributed by atoms with Gasteiger partial charge in [0.1, 0.15) is 0 Å². The maximum atomic E-state index is 5.82. The van der Waals surface area contributed by atoms with Gasteiger partial charge in [0.15, 0.2) is 0 Å². The Morgan fingerprint density at radius 2 is 0.817 bits per heavy atom. The first-order valence-electron chi connectivity index (χ1n) is 30.4. The average molecular weight is 1480 g/mol. The Hall–Kier alpha value is -7.41. The number of hydrogen-bond acceptors (Lipinski definition) is 12. The molecule has 0 N–H and O–H groups in total. The van der Waals surface area contributed by atoms with Crippen molar-refractivity contribution in [3.8, 4) is 17.6 Å². The highest BCUT2D eigenvalue weighted by molar-refractivity contribution is 9.11. The molecule has 6 heterocycles. The molecule has 6 aromatic carbocycles. The molecule has 2 atom stereocenters. The molecule has 12 rings (SSSR count). The number of pyridine rings is 3. The summed E-state index contributed by atoms with van der Waals surface area (Å²) in [4.78, 5) is 21.2. The van der Waals surface area contributed by atoms with Crippen LogP contribution in [0.2, 0.25) is 0 Å². The summed E-state index contributed by atoms with van der Waals surface area (Å²) >= 11 is 16.0. The lowest BCUT2D eigenvalue weighted by atomic mass is 9.82. The van der Waals surface area contributed by atoms with Crippen molar-refractivity contribution in [2.24, 2.45) is 0 Å². The van der Waals surface area contributed by atoms with Crippen molar-refractivity contribution in [3.63, 3.8) is 0 Å². The van der Waals surface area contributed by atoms with Crippen LogP contribution in [-0.4, -0.2) is 113 Å². The number of fused-ring (bicyclic) bond motifs is 3. The van der Waals surface area contributed by atoms with Crippen molar-refractivity contribution in [1.29, 1.82) is 0 Å². The summed E-state index contributed by atoms with van der Waals surface area (Å²) < 4.78 is 20.6. The Morgan fingerprint density at radius 1 is 0.430 bits per heavy atom. The first kappa shape index (κ1) is 68.4. The van der Waals surface area contributed by atoms with E-state index in [1.54, 1.807) is 55.3 Å². The highest BCUT2D eigenvalue weighted by Gasteiger charge is 2.28. The van der Waals surface area contributed by atoms with Crippen LogP contribution in [0.4, 0.5) is 0 Å². The quantitative estimate of drug-likeness (QED) is 0.0699. The minimum Gasteiger partial charge on any atom is -0.481 e. The van der Waals surface area contributed by atoms with E-state index >= 15 is 0 Å². The van der Waals surface area contributed by atoms with Gasteiger partial charge >= 0.3 is 0 Å². The second-order valence-electron chi connectivity index (χ2n) is 23.1. The molecule has 0 amide bonds. The summed E-state index contributed by atoms with van der Waals surface area (Å²) in [5.41, 5.74) is 18.2. The van der Waals surface area contributed by atoms with Crippen LogP contribution in [0.1, 0.15) is 68.3 Å². The fraction of sp³-hybridized carbons (Fsp3) is 0.192. The fourth-order valence-corrected chi connectivity index (χ4v) is 14.5. The summed E-state index contributed by atoms with van der Waals surface area (Å²) in [6, 6.07) is 63.5. The number of benzene rings is 6. The Kier molecular flexibility index (Phi) is 24.4. The summed E-state index contributed by atoms with van der Waals surface area (Å²) in [6.45, 7) is 2.66. The molecule has 0 aliphatic rings. The van der Waals surface area contributed by atoms with Gasteiger partial charge in [0.05, 0.1) is 37.9 Å². The zero-order valence-corrected chi connectivity index (χ0v) is 60.9. The van der Waals surface area contributed by atoms with Crippen LogP contribution < -0.4 is 14.2 Å². The lowest BCUT2D eigenvalue weighted by Gasteiger charge is -2.24. The molecule has 0 bridgehead atoms. The largest absolute Gasteiger partial charge is 0.481 e. The summed E-state index contributed by atoms with van der Waals surface area (Å²) in [5, 5.41) is 16.3. The van der Waals surface area contributed by atoms with E-state index < -0.39 is 0 Å². The first-order chi connectivity index (χ1) is 45.2. The zero-order chi connectivity index (χ0) is 65.4. The second-order valence-corrected chi connectivity index (χ2v) is 28.2. The highest BCUT2D eigenvalue weighted by Crippen LogP contribution is 2.46. The molecule has 12 aromatic rings. The standard InChI is InChI=1S/3C26H25BrN2OS/c3*1-29(2)13-11-22(19-12-14-31-17-19)25(18-7-5-4-6-8-18)23-16-20-15-21(27)9-10-24(20)28-26(23)30-3/h4-10,12,14-17H,11,13H2,1-3H3;2*4-12,14-17,25H,13H2,1-3H3/b25-22-;22-11+;22-11-. The Balaban J connectivity index is 0.000000153. The van der Waals surface area contributed by atoms with Crippen molar-refractivity contribution in [1.82, 2.24) is 29.7 Å². The molecule has 0 saturated carbocycles. The lowest BCUT2D eigenvalue weighted by molar-refractivity contribution is 0.394. The summed E-state index contributed by atoms with van der Waals surface area (Å²) in [6.07, 6.45) is 5.57. The molecular formula is C78H75Br3N6O3S3. The van der Waals surface area contributed by atoms with Gasteiger partial charge in [0.25, 0.3) is 0 Å². The van der Waals surface area contributed by atoms with E-state index in [0.717, 1.165) is 94.4 Å². The zero-order valence-electron chi connectivity index (χ0n) is 53.7. The molecule has 2 unspecified atom stereocenters. The summed E-state index contributed by atoms with van der Waals surface area (Å²) in [7, 11) is 17.7. The van der Waals surface area contributed by atoms with Crippen LogP contribution in [-0.2, 0) is 0 Å². The van der Waals surface area contributed by atoms with Gasteiger partial charge in [-0.3, -0.25) is 0 Å². The van der Waals surface area contributed by atoms with Gasteiger partial charge in [-0.15, -0.1) is 0 Å². The topological polar surface area (TPSA) is 76.1 Å². The van der Waals surface area contributed by atoms with Gasteiger partial charge in [-0.25, -0.2) is 15.0 Å². The first-order valence-corrected chi connectivity index (χ1v) is 35.6. The van der Waals surface area contributed by atoms with E-state index in [4.69, 9.17) is 29.2 Å². The van der Waals surface area contributed by atoms with Crippen molar-refractivity contribution < 1.29 is 14.2 Å². The number of halogens is 3. The molecule has 15 heteroatoms. The molecule has 9 nitrogen and oxygen atoms in total. The van der Waals surface area contributed by atoms with E-state index in [2.05, 4.69) is 295 Å². The van der Waals surface area contributed by atoms with E-state index in [1.165, 1.54) is 50.1 Å². The van der Waals surface area contributed by atoms with Gasteiger partial charge in [0.2, 0.25) is 17.6 Å². The SMILES string of the molecule is COc1nc2ccc(Br)cc2cc1/C(=C(/CCN(C)C)c1ccsc1)c1ccccc1.COc1nc2ccc(Br)cc2cc1C(/C(=C/CN(C)C)c1ccsc1)c1ccccc1.COc1nc2ccc(Br)cc2cc1C(/C(=C\CN(C)C)c1ccsc1)c1ccccc1. The molecule has 6 aromatic heterocycles. The van der Waals surface area contributed by atoms with Crippen LogP contribution in [0.5, 0.6) is 17.6 Å². The third-order valence-corrected chi connectivity index (χ3v) is 19.3. The molecule has 474 valence electrons. The lowest BCUT2D eigenvalue weighted by Crippen LogP contribution is -2.14. The third-order valence-electron chi connectivity index (χ3n) is 15.7. The van der Waals surface area contributed by atoms with Crippen LogP contribution in [0, 0.1) is 0 Å². The van der Waals surface area contributed by atoms with E-state index in [0.29, 0.717) is 17.6 Å². The molecule has 0 radical (unpaired) electrons. The average Bonchev–Trinajstić information content (AvgIpc) is 1.23. The number of thiophene rings is 3. The third kappa shape index (κ3) is 17.5. The van der Waals surface area contributed by atoms with Gasteiger partial charge in [-0.1, -0.05) is 151 Å². The monoisotopic (exact) mass is 1480 g/mol. The van der Waals surface area contributed by atoms with Gasteiger partial charge < -0.3 is 28.9 Å². The predicted molar refractivity (Wildman–Crippen MR) is 406 cm³/mol. The molecule has 0 saturated heterocycles. The van der Waals surface area contributed by atoms with Crippen LogP contribution in [0.25, 0.3) is 55.0 Å². The van der Waals surface area contributed by atoms with Crippen molar-refractivity contribution in [2.75, 3.05) is 83.2 Å². The predicted octanol–water partition coefficient (Wildman–Crippen LogP) is 20.7. The minimum absolute atomic E-state index is 0.00146. The van der Waals surface area contributed by atoms with Crippen LogP contribution in [0.15, 0.2) is 240 Å². The van der Waals surface area contributed by atoms with Crippen molar-refractivity contribution >= 4 is 137 Å². The molecule has 93 heavy (non-hydrogen) atoms. The highest BCUT2D eigenvalue weighted by atomic mass is 79.9. The molecule has 0 aliphatic carbocycles. The van der Waals surface area contributed by atoms with Crippen LogP contribution >= 0.6 is 81.8 Å². The molecule has 0 aliphatic heterocycles. The van der Waals surface area contributed by atoms with E-state index in [-0.39, 0.29) is 11.8 Å². The van der Waals surface area contributed by atoms with Gasteiger partial charge in [0, 0.05) is 77.7 Å². The minimum atomic E-state index is 0.00146.